The van der Waals surface area contributed by atoms with Crippen LogP contribution in [0.4, 0.5) is 4.39 Å². The molecule has 0 radical (unpaired) electrons. The summed E-state index contributed by atoms with van der Waals surface area (Å²) in [6, 6.07) is 8.81. The molecule has 2 rings (SSSR count). The number of nitrogens with two attached hydrogens (primary N) is 1. The lowest BCUT2D eigenvalue weighted by atomic mass is 10.0. The van der Waals surface area contributed by atoms with Crippen molar-refractivity contribution in [1.29, 1.82) is 0 Å². The molecule has 1 heterocycles. The van der Waals surface area contributed by atoms with Crippen LogP contribution in [0.25, 0.3) is 0 Å². The Balaban J connectivity index is 1.87. The molecule has 1 aromatic carbocycles. The van der Waals surface area contributed by atoms with Gasteiger partial charge < -0.3 is 5.73 Å². The zero-order chi connectivity index (χ0) is 13.7. The Bertz CT molecular complexity index is 531. The Labute approximate surface area is 117 Å². The van der Waals surface area contributed by atoms with Gasteiger partial charge in [0, 0.05) is 18.4 Å². The second-order valence-corrected chi connectivity index (χ2v) is 5.01. The maximum absolute atomic E-state index is 13.3. The molecule has 0 bridgehead atoms. The molecule has 1 atom stereocenters. The lowest BCUT2D eigenvalue weighted by Gasteiger charge is -2.12. The van der Waals surface area contributed by atoms with E-state index in [0.717, 1.165) is 18.4 Å². The topological polar surface area (TPSA) is 38.9 Å². The first-order valence-corrected chi connectivity index (χ1v) is 6.61. The van der Waals surface area contributed by atoms with Crippen molar-refractivity contribution in [2.75, 3.05) is 0 Å². The summed E-state index contributed by atoms with van der Waals surface area (Å²) in [5.74, 6) is -0.388. The first-order valence-electron chi connectivity index (χ1n) is 6.23. The molecule has 1 unspecified atom stereocenters. The first-order chi connectivity index (χ1) is 9.15. The normalized spacial score (nSPS) is 12.4. The molecule has 2 aromatic rings. The van der Waals surface area contributed by atoms with Crippen LogP contribution in [0.1, 0.15) is 17.5 Å². The molecule has 0 amide bonds. The van der Waals surface area contributed by atoms with Gasteiger partial charge in [0.25, 0.3) is 0 Å². The second-order valence-electron chi connectivity index (χ2n) is 4.61. The number of pyridine rings is 1. The van der Waals surface area contributed by atoms with Gasteiger partial charge in [0.15, 0.2) is 0 Å². The van der Waals surface area contributed by atoms with Crippen LogP contribution in [0.2, 0.25) is 5.02 Å². The highest BCUT2D eigenvalue weighted by atomic mass is 35.5. The summed E-state index contributed by atoms with van der Waals surface area (Å²) >= 11 is 5.65. The Morgan fingerprint density at radius 1 is 1.16 bits per heavy atom. The average molecular weight is 279 g/mol. The maximum Gasteiger partial charge on any atom is 0.142 e. The van der Waals surface area contributed by atoms with Crippen molar-refractivity contribution in [3.05, 3.63) is 64.7 Å². The number of benzene rings is 1. The molecule has 1 aromatic heterocycles. The van der Waals surface area contributed by atoms with E-state index in [1.165, 1.54) is 11.6 Å². The molecule has 2 N–H and O–H groups in total. The Morgan fingerprint density at radius 3 is 2.58 bits per heavy atom. The minimum Gasteiger partial charge on any atom is -0.327 e. The summed E-state index contributed by atoms with van der Waals surface area (Å²) in [6.45, 7) is 0. The highest BCUT2D eigenvalue weighted by Gasteiger charge is 2.07. The zero-order valence-electron chi connectivity index (χ0n) is 10.5. The van der Waals surface area contributed by atoms with Crippen molar-refractivity contribution in [2.24, 2.45) is 5.73 Å². The number of nitrogens with zero attached hydrogens (tertiary/aromatic N) is 1. The van der Waals surface area contributed by atoms with Crippen LogP contribution in [-0.2, 0) is 12.8 Å². The summed E-state index contributed by atoms with van der Waals surface area (Å²) in [4.78, 5) is 3.97. The number of halogens is 2. The lowest BCUT2D eigenvalue weighted by molar-refractivity contribution is 0.599. The van der Waals surface area contributed by atoms with Gasteiger partial charge in [0.1, 0.15) is 5.82 Å². The van der Waals surface area contributed by atoms with Gasteiger partial charge in [-0.25, -0.2) is 4.39 Å². The van der Waals surface area contributed by atoms with E-state index < -0.39 is 0 Å². The molecule has 0 aliphatic rings. The molecule has 4 heteroatoms. The summed E-state index contributed by atoms with van der Waals surface area (Å²) in [5, 5.41) is 0.147. The van der Waals surface area contributed by atoms with E-state index >= 15 is 0 Å². The van der Waals surface area contributed by atoms with Crippen LogP contribution in [0.5, 0.6) is 0 Å². The lowest BCUT2D eigenvalue weighted by Crippen LogP contribution is -2.23. The molecule has 0 saturated heterocycles. The van der Waals surface area contributed by atoms with E-state index in [1.54, 1.807) is 18.5 Å². The fourth-order valence-electron chi connectivity index (χ4n) is 1.97. The molecule has 100 valence electrons. The highest BCUT2D eigenvalue weighted by molar-refractivity contribution is 6.30. The van der Waals surface area contributed by atoms with Crippen LogP contribution in [0.15, 0.2) is 42.7 Å². The smallest absolute Gasteiger partial charge is 0.142 e. The zero-order valence-corrected chi connectivity index (χ0v) is 11.3. The fourth-order valence-corrected chi connectivity index (χ4v) is 2.09. The van der Waals surface area contributed by atoms with Gasteiger partial charge in [-0.2, -0.15) is 0 Å². The van der Waals surface area contributed by atoms with Gasteiger partial charge in [-0.3, -0.25) is 4.98 Å². The van der Waals surface area contributed by atoms with E-state index in [-0.39, 0.29) is 16.9 Å². The van der Waals surface area contributed by atoms with Crippen molar-refractivity contribution in [2.45, 2.75) is 25.3 Å². The van der Waals surface area contributed by atoms with Crippen LogP contribution < -0.4 is 5.73 Å². The van der Waals surface area contributed by atoms with Crippen molar-refractivity contribution < 1.29 is 4.39 Å². The average Bonchev–Trinajstić information content (AvgIpc) is 2.42. The van der Waals surface area contributed by atoms with Crippen molar-refractivity contribution in [3.63, 3.8) is 0 Å². The predicted molar refractivity (Wildman–Crippen MR) is 75.6 cm³/mol. The van der Waals surface area contributed by atoms with Gasteiger partial charge in [-0.1, -0.05) is 17.7 Å². The third-order valence-corrected chi connectivity index (χ3v) is 3.34. The molecule has 0 aliphatic carbocycles. The Morgan fingerprint density at radius 2 is 1.89 bits per heavy atom. The Hall–Kier alpha value is -1.45. The van der Waals surface area contributed by atoms with Gasteiger partial charge in [-0.15, -0.1) is 0 Å². The number of aromatic nitrogens is 1. The van der Waals surface area contributed by atoms with Crippen LogP contribution >= 0.6 is 11.6 Å². The summed E-state index contributed by atoms with van der Waals surface area (Å²) < 4.78 is 13.3. The van der Waals surface area contributed by atoms with Crippen molar-refractivity contribution >= 4 is 11.6 Å². The summed E-state index contributed by atoms with van der Waals surface area (Å²) in [6.07, 6.45) is 5.96. The number of hydrogen-bond acceptors (Lipinski definition) is 2. The Kier molecular flexibility index (Phi) is 4.88. The van der Waals surface area contributed by atoms with E-state index in [2.05, 4.69) is 4.98 Å². The predicted octanol–water partition coefficient (Wildman–Crippen LogP) is 3.38. The van der Waals surface area contributed by atoms with E-state index in [1.807, 2.05) is 18.2 Å². The molecular weight excluding hydrogens is 263 g/mol. The minimum absolute atomic E-state index is 0.00809. The molecule has 19 heavy (non-hydrogen) atoms. The van der Waals surface area contributed by atoms with E-state index in [9.17, 15) is 4.39 Å². The largest absolute Gasteiger partial charge is 0.327 e. The van der Waals surface area contributed by atoms with E-state index in [0.29, 0.717) is 6.42 Å². The number of aryl methyl sites for hydroxylation is 1. The van der Waals surface area contributed by atoms with Crippen LogP contribution in [0, 0.1) is 5.82 Å². The summed E-state index contributed by atoms with van der Waals surface area (Å²) in [7, 11) is 0. The van der Waals surface area contributed by atoms with E-state index in [4.69, 9.17) is 17.3 Å². The van der Waals surface area contributed by atoms with Crippen molar-refractivity contribution in [1.82, 2.24) is 4.98 Å². The molecule has 2 nitrogen and oxygen atoms in total. The standard InChI is InChI=1S/C15H16ClFN2/c16-14-4-2-12(10-15(14)17)9-13(18)3-1-11-5-7-19-8-6-11/h2,4-8,10,13H,1,3,9,18H2. The van der Waals surface area contributed by atoms with Gasteiger partial charge in [0.2, 0.25) is 0 Å². The fraction of sp³-hybridized carbons (Fsp3) is 0.267. The molecule has 0 spiro atoms. The van der Waals surface area contributed by atoms with Crippen molar-refractivity contribution in [3.8, 4) is 0 Å². The molecule has 0 fully saturated rings. The van der Waals surface area contributed by atoms with Gasteiger partial charge in [0.05, 0.1) is 5.02 Å². The van der Waals surface area contributed by atoms with Crippen LogP contribution in [-0.4, -0.2) is 11.0 Å². The summed E-state index contributed by atoms with van der Waals surface area (Å²) in [5.41, 5.74) is 8.16. The third kappa shape index (κ3) is 4.30. The molecule has 0 aliphatic heterocycles. The molecule has 0 saturated carbocycles. The second kappa shape index (κ2) is 6.64. The van der Waals surface area contributed by atoms with Gasteiger partial charge >= 0.3 is 0 Å². The minimum atomic E-state index is -0.388. The van der Waals surface area contributed by atoms with Gasteiger partial charge in [-0.05, 0) is 54.7 Å². The number of rotatable bonds is 5. The highest BCUT2D eigenvalue weighted by Crippen LogP contribution is 2.17. The van der Waals surface area contributed by atoms with Crippen LogP contribution in [0.3, 0.4) is 0 Å². The SMILES string of the molecule is NC(CCc1ccncc1)Cc1ccc(Cl)c(F)c1. The molecular formula is C15H16ClFN2. The third-order valence-electron chi connectivity index (χ3n) is 3.04. The quantitative estimate of drug-likeness (QED) is 0.911. The maximum atomic E-state index is 13.3. The first kappa shape index (κ1) is 14.0. The monoisotopic (exact) mass is 278 g/mol. The number of hydrogen-bond donors (Lipinski definition) is 1.